The van der Waals surface area contributed by atoms with Crippen molar-refractivity contribution in [2.75, 3.05) is 33.8 Å². The van der Waals surface area contributed by atoms with Gasteiger partial charge in [0.15, 0.2) is 0 Å². The number of aryl methyl sites for hydroxylation is 1. The van der Waals surface area contributed by atoms with E-state index in [4.69, 9.17) is 4.74 Å². The molecule has 0 aliphatic carbocycles. The van der Waals surface area contributed by atoms with Crippen LogP contribution in [0.1, 0.15) is 17.2 Å². The first-order valence-electron chi connectivity index (χ1n) is 6.50. The zero-order chi connectivity index (χ0) is 13.8. The molecule has 0 saturated carbocycles. The summed E-state index contributed by atoms with van der Waals surface area (Å²) in [5, 5.41) is 6.07. The molecule has 5 nitrogen and oxygen atoms in total. The van der Waals surface area contributed by atoms with Crippen LogP contribution in [0.4, 0.5) is 4.79 Å². The van der Waals surface area contributed by atoms with Gasteiger partial charge in [0.25, 0.3) is 0 Å². The highest BCUT2D eigenvalue weighted by Gasteiger charge is 2.30. The molecule has 1 unspecified atom stereocenters. The SMILES string of the molecule is CNCCN1CC(c2cc(C)ccc2OC)NC1=O. The molecule has 5 heteroatoms. The number of methoxy groups -OCH3 is 1. The number of urea groups is 1. The number of rotatable bonds is 5. The number of amides is 2. The summed E-state index contributed by atoms with van der Waals surface area (Å²) in [6, 6.07) is 6.03. The summed E-state index contributed by atoms with van der Waals surface area (Å²) >= 11 is 0. The molecule has 2 N–H and O–H groups in total. The van der Waals surface area contributed by atoms with E-state index in [1.807, 2.05) is 31.0 Å². The zero-order valence-electron chi connectivity index (χ0n) is 11.7. The van der Waals surface area contributed by atoms with E-state index in [0.29, 0.717) is 13.1 Å². The summed E-state index contributed by atoms with van der Waals surface area (Å²) in [6.07, 6.45) is 0. The largest absolute Gasteiger partial charge is 0.496 e. The molecule has 0 spiro atoms. The molecule has 2 rings (SSSR count). The number of benzene rings is 1. The fourth-order valence-corrected chi connectivity index (χ4v) is 2.33. The third kappa shape index (κ3) is 2.98. The Labute approximate surface area is 113 Å². The molecule has 1 aromatic carbocycles. The maximum absolute atomic E-state index is 11.9. The van der Waals surface area contributed by atoms with Crippen LogP contribution in [0.2, 0.25) is 0 Å². The van der Waals surface area contributed by atoms with Crippen molar-refractivity contribution in [1.82, 2.24) is 15.5 Å². The molecule has 1 aromatic rings. The highest BCUT2D eigenvalue weighted by atomic mass is 16.5. The van der Waals surface area contributed by atoms with E-state index in [0.717, 1.165) is 17.9 Å². The minimum atomic E-state index is -0.0104. The van der Waals surface area contributed by atoms with Gasteiger partial charge in [-0.3, -0.25) is 0 Å². The zero-order valence-corrected chi connectivity index (χ0v) is 11.7. The van der Waals surface area contributed by atoms with E-state index in [-0.39, 0.29) is 12.1 Å². The van der Waals surface area contributed by atoms with E-state index in [9.17, 15) is 4.79 Å². The Morgan fingerprint density at radius 2 is 2.32 bits per heavy atom. The van der Waals surface area contributed by atoms with Crippen LogP contribution in [0.3, 0.4) is 0 Å². The molecule has 1 fully saturated rings. The van der Waals surface area contributed by atoms with Crippen molar-refractivity contribution in [1.29, 1.82) is 0 Å². The second-order valence-electron chi connectivity index (χ2n) is 4.80. The highest BCUT2D eigenvalue weighted by Crippen LogP contribution is 2.29. The molecule has 0 radical (unpaired) electrons. The lowest BCUT2D eigenvalue weighted by Gasteiger charge is -2.16. The molecular formula is C14H21N3O2. The number of nitrogens with zero attached hydrogens (tertiary/aromatic N) is 1. The second-order valence-corrected chi connectivity index (χ2v) is 4.80. The first-order chi connectivity index (χ1) is 9.15. The normalized spacial score (nSPS) is 18.6. The minimum Gasteiger partial charge on any atom is -0.496 e. The standard InChI is InChI=1S/C14H21N3O2/c1-10-4-5-13(19-3)11(8-10)12-9-17(7-6-15-2)14(18)16-12/h4-5,8,12,15H,6-7,9H2,1-3H3,(H,16,18). The number of hydrogen-bond acceptors (Lipinski definition) is 3. The molecule has 0 bridgehead atoms. The van der Waals surface area contributed by atoms with Crippen molar-refractivity contribution in [3.63, 3.8) is 0 Å². The third-order valence-electron chi connectivity index (χ3n) is 3.38. The Bertz CT molecular complexity index is 462. The van der Waals surface area contributed by atoms with Gasteiger partial charge in [-0.05, 0) is 20.0 Å². The van der Waals surface area contributed by atoms with E-state index in [1.165, 1.54) is 5.56 Å². The molecule has 104 valence electrons. The van der Waals surface area contributed by atoms with Crippen LogP contribution in [0.15, 0.2) is 18.2 Å². The van der Waals surface area contributed by atoms with Gasteiger partial charge in [-0.15, -0.1) is 0 Å². The maximum atomic E-state index is 11.9. The van der Waals surface area contributed by atoms with Gasteiger partial charge in [0, 0.05) is 25.2 Å². The van der Waals surface area contributed by atoms with Crippen LogP contribution >= 0.6 is 0 Å². The predicted octanol–water partition coefficient (Wildman–Crippen LogP) is 1.29. The first-order valence-corrected chi connectivity index (χ1v) is 6.50. The van der Waals surface area contributed by atoms with Gasteiger partial charge in [0.2, 0.25) is 0 Å². The number of likely N-dealkylation sites (N-methyl/N-ethyl adjacent to an activating group) is 1. The fourth-order valence-electron chi connectivity index (χ4n) is 2.33. The van der Waals surface area contributed by atoms with Gasteiger partial charge in [-0.2, -0.15) is 0 Å². The van der Waals surface area contributed by atoms with Gasteiger partial charge >= 0.3 is 6.03 Å². The number of nitrogens with one attached hydrogen (secondary N) is 2. The molecule has 2 amide bonds. The molecular weight excluding hydrogens is 242 g/mol. The Morgan fingerprint density at radius 1 is 1.53 bits per heavy atom. The van der Waals surface area contributed by atoms with Crippen molar-refractivity contribution < 1.29 is 9.53 Å². The Morgan fingerprint density at radius 3 is 3.00 bits per heavy atom. The van der Waals surface area contributed by atoms with Crippen LogP contribution < -0.4 is 15.4 Å². The van der Waals surface area contributed by atoms with Crippen molar-refractivity contribution in [3.05, 3.63) is 29.3 Å². The van der Waals surface area contributed by atoms with Gasteiger partial charge in [-0.1, -0.05) is 17.7 Å². The fraction of sp³-hybridized carbons (Fsp3) is 0.500. The van der Waals surface area contributed by atoms with E-state index < -0.39 is 0 Å². The number of ether oxygens (including phenoxy) is 1. The van der Waals surface area contributed by atoms with Crippen molar-refractivity contribution in [3.8, 4) is 5.75 Å². The second kappa shape index (κ2) is 5.93. The lowest BCUT2D eigenvalue weighted by molar-refractivity contribution is 0.218. The lowest BCUT2D eigenvalue weighted by Crippen LogP contribution is -2.33. The van der Waals surface area contributed by atoms with Crippen LogP contribution in [0.5, 0.6) is 5.75 Å². The minimum absolute atomic E-state index is 0.000735. The van der Waals surface area contributed by atoms with Gasteiger partial charge < -0.3 is 20.3 Å². The number of hydrogen-bond donors (Lipinski definition) is 2. The molecule has 1 saturated heterocycles. The first kappa shape index (κ1) is 13.7. The van der Waals surface area contributed by atoms with E-state index in [2.05, 4.69) is 16.7 Å². The van der Waals surface area contributed by atoms with Crippen LogP contribution in [0, 0.1) is 6.92 Å². The van der Waals surface area contributed by atoms with E-state index >= 15 is 0 Å². The highest BCUT2D eigenvalue weighted by molar-refractivity contribution is 5.77. The van der Waals surface area contributed by atoms with Crippen molar-refractivity contribution in [2.24, 2.45) is 0 Å². The molecule has 19 heavy (non-hydrogen) atoms. The summed E-state index contributed by atoms with van der Waals surface area (Å²) in [5.41, 5.74) is 2.21. The smallest absolute Gasteiger partial charge is 0.318 e. The molecule has 1 aliphatic rings. The summed E-state index contributed by atoms with van der Waals surface area (Å²) < 4.78 is 5.38. The summed E-state index contributed by atoms with van der Waals surface area (Å²) in [5.74, 6) is 0.825. The topological polar surface area (TPSA) is 53.6 Å². The quantitative estimate of drug-likeness (QED) is 0.841. The maximum Gasteiger partial charge on any atom is 0.318 e. The summed E-state index contributed by atoms with van der Waals surface area (Å²) in [7, 11) is 3.54. The van der Waals surface area contributed by atoms with Crippen molar-refractivity contribution >= 4 is 6.03 Å². The molecule has 1 heterocycles. The molecule has 1 atom stereocenters. The Hall–Kier alpha value is -1.75. The van der Waals surface area contributed by atoms with Crippen LogP contribution in [-0.4, -0.2) is 44.7 Å². The van der Waals surface area contributed by atoms with Gasteiger partial charge in [-0.25, -0.2) is 4.79 Å². The van der Waals surface area contributed by atoms with Crippen LogP contribution in [-0.2, 0) is 0 Å². The van der Waals surface area contributed by atoms with Gasteiger partial charge in [0.1, 0.15) is 5.75 Å². The average Bonchev–Trinajstić information content (AvgIpc) is 2.77. The summed E-state index contributed by atoms with van der Waals surface area (Å²) in [4.78, 5) is 13.7. The monoisotopic (exact) mass is 263 g/mol. The predicted molar refractivity (Wildman–Crippen MR) is 74.5 cm³/mol. The van der Waals surface area contributed by atoms with Crippen LogP contribution in [0.25, 0.3) is 0 Å². The third-order valence-corrected chi connectivity index (χ3v) is 3.38. The summed E-state index contributed by atoms with van der Waals surface area (Å²) in [6.45, 7) is 4.23. The Kier molecular flexibility index (Phi) is 4.27. The van der Waals surface area contributed by atoms with E-state index in [1.54, 1.807) is 7.11 Å². The lowest BCUT2D eigenvalue weighted by atomic mass is 10.0. The molecule has 1 aliphatic heterocycles. The molecule has 0 aromatic heterocycles. The Balaban J connectivity index is 2.15. The number of carbonyl (C=O) groups is 1. The number of carbonyl (C=O) groups excluding carboxylic acids is 1. The van der Waals surface area contributed by atoms with Gasteiger partial charge in [0.05, 0.1) is 13.2 Å². The average molecular weight is 263 g/mol. The van der Waals surface area contributed by atoms with Crippen molar-refractivity contribution in [2.45, 2.75) is 13.0 Å².